The summed E-state index contributed by atoms with van der Waals surface area (Å²) in [5, 5.41) is 5.73. The molecule has 8 nitrogen and oxygen atoms in total. The highest BCUT2D eigenvalue weighted by atomic mass is 32.2. The number of hydrogen-bond acceptors (Lipinski definition) is 6. The zero-order valence-electron chi connectivity index (χ0n) is 19.7. The highest BCUT2D eigenvalue weighted by molar-refractivity contribution is 7.91. The maximum Gasteiger partial charge on any atom is 0.251 e. The van der Waals surface area contributed by atoms with Crippen LogP contribution >= 0.6 is 0 Å². The molecule has 1 heterocycles. The Hall–Kier alpha value is -2.89. The summed E-state index contributed by atoms with van der Waals surface area (Å²) in [7, 11) is -3.72. The van der Waals surface area contributed by atoms with Gasteiger partial charge in [-0.05, 0) is 48.4 Å². The molecule has 194 valence electrons. The lowest BCUT2D eigenvalue weighted by Gasteiger charge is -2.30. The molecule has 2 aromatic carbocycles. The second kappa shape index (κ2) is 11.4. The van der Waals surface area contributed by atoms with Crippen LogP contribution < -0.4 is 10.6 Å². The highest BCUT2D eigenvalue weighted by Crippen LogP contribution is 2.40. The molecule has 0 aromatic heterocycles. The summed E-state index contributed by atoms with van der Waals surface area (Å²) in [6.45, 7) is 1.45. The third-order valence-electron chi connectivity index (χ3n) is 6.36. The molecule has 1 saturated carbocycles. The number of hydrogen-bond donors (Lipinski definition) is 2. The van der Waals surface area contributed by atoms with Gasteiger partial charge in [0.05, 0.1) is 24.7 Å². The van der Waals surface area contributed by atoms with Gasteiger partial charge in [0.15, 0.2) is 9.84 Å². The Morgan fingerprint density at radius 3 is 2.25 bits per heavy atom. The zero-order valence-corrected chi connectivity index (χ0v) is 20.5. The van der Waals surface area contributed by atoms with Crippen LogP contribution in [0, 0.1) is 11.6 Å². The second-order valence-corrected chi connectivity index (χ2v) is 11.3. The third kappa shape index (κ3) is 7.08. The predicted molar refractivity (Wildman–Crippen MR) is 129 cm³/mol. The quantitative estimate of drug-likeness (QED) is 0.491. The SMILES string of the molecule is O=C(N[C@@H](CS(=O)(=O)CCN[C@@H]1C[C@H]1c1ccc(F)cc1)C(=O)N1CCOCC1)c1ccc(F)cc1. The van der Waals surface area contributed by atoms with Crippen LogP contribution in [0.15, 0.2) is 48.5 Å². The average Bonchev–Trinajstić information content (AvgIpc) is 3.63. The van der Waals surface area contributed by atoms with Crippen molar-refractivity contribution in [1.29, 1.82) is 0 Å². The minimum absolute atomic E-state index is 0.106. The van der Waals surface area contributed by atoms with Crippen LogP contribution in [0.4, 0.5) is 8.78 Å². The summed E-state index contributed by atoms with van der Waals surface area (Å²) >= 11 is 0. The molecule has 36 heavy (non-hydrogen) atoms. The van der Waals surface area contributed by atoms with Gasteiger partial charge in [-0.2, -0.15) is 0 Å². The second-order valence-electron chi connectivity index (χ2n) is 9.04. The lowest BCUT2D eigenvalue weighted by atomic mass is 10.1. The first-order chi connectivity index (χ1) is 17.2. The summed E-state index contributed by atoms with van der Waals surface area (Å²) in [5.41, 5.74) is 1.12. The molecule has 1 saturated heterocycles. The molecule has 2 N–H and O–H groups in total. The zero-order chi connectivity index (χ0) is 25.7. The van der Waals surface area contributed by atoms with Crippen molar-refractivity contribution in [2.45, 2.75) is 24.4 Å². The standard InChI is InChI=1S/C25H29F2N3O5S/c26-19-5-1-17(2-6-19)21-15-22(21)28-9-14-36(33,34)16-23(25(32)30-10-12-35-13-11-30)29-24(31)18-3-7-20(27)8-4-18/h1-8,21-23,28H,9-16H2,(H,29,31)/t21-,22+,23-/m0/s1. The van der Waals surface area contributed by atoms with E-state index in [1.807, 2.05) is 0 Å². The fourth-order valence-electron chi connectivity index (χ4n) is 4.26. The van der Waals surface area contributed by atoms with Crippen molar-refractivity contribution in [3.05, 3.63) is 71.3 Å². The van der Waals surface area contributed by atoms with E-state index in [9.17, 15) is 26.8 Å². The van der Waals surface area contributed by atoms with Crippen molar-refractivity contribution in [3.63, 3.8) is 0 Å². The Morgan fingerprint density at radius 2 is 1.61 bits per heavy atom. The number of nitrogens with one attached hydrogen (secondary N) is 2. The number of sulfone groups is 1. The molecular formula is C25H29F2N3O5S. The van der Waals surface area contributed by atoms with Gasteiger partial charge in [0, 0.05) is 37.2 Å². The van der Waals surface area contributed by atoms with Crippen molar-refractivity contribution in [2.75, 3.05) is 44.4 Å². The van der Waals surface area contributed by atoms with Crippen LogP contribution in [-0.4, -0.2) is 81.6 Å². The molecule has 2 aliphatic rings. The number of carbonyl (C=O) groups excluding carboxylic acids is 2. The third-order valence-corrected chi connectivity index (χ3v) is 8.03. The summed E-state index contributed by atoms with van der Waals surface area (Å²) in [4.78, 5) is 27.3. The summed E-state index contributed by atoms with van der Waals surface area (Å²) in [5.74, 6) is -2.52. The van der Waals surface area contributed by atoms with Crippen molar-refractivity contribution in [3.8, 4) is 0 Å². The average molecular weight is 522 g/mol. The van der Waals surface area contributed by atoms with Crippen LogP contribution in [0.25, 0.3) is 0 Å². The van der Waals surface area contributed by atoms with Crippen LogP contribution in [0.5, 0.6) is 0 Å². The van der Waals surface area contributed by atoms with Crippen molar-refractivity contribution in [2.24, 2.45) is 0 Å². The maximum atomic E-state index is 13.2. The fourth-order valence-corrected chi connectivity index (χ4v) is 5.59. The Kier molecular flexibility index (Phi) is 8.32. The normalized spacial score (nSPS) is 20.6. The lowest BCUT2D eigenvalue weighted by Crippen LogP contribution is -2.54. The molecule has 1 aliphatic heterocycles. The number of ether oxygens (including phenoxy) is 1. The first kappa shape index (κ1) is 26.2. The largest absolute Gasteiger partial charge is 0.378 e. The van der Waals surface area contributed by atoms with E-state index in [1.165, 1.54) is 29.2 Å². The number of rotatable bonds is 10. The summed E-state index contributed by atoms with van der Waals surface area (Å²) in [6.07, 6.45) is 0.831. The van der Waals surface area contributed by atoms with Gasteiger partial charge in [0.1, 0.15) is 17.7 Å². The molecule has 2 fully saturated rings. The van der Waals surface area contributed by atoms with E-state index in [-0.39, 0.29) is 35.6 Å². The molecule has 0 unspecified atom stereocenters. The van der Waals surface area contributed by atoms with Gasteiger partial charge in [0.2, 0.25) is 5.91 Å². The minimum Gasteiger partial charge on any atom is -0.378 e. The number of amides is 2. The molecule has 4 rings (SSSR count). The first-order valence-corrected chi connectivity index (χ1v) is 13.7. The molecule has 3 atom stereocenters. The molecule has 2 amide bonds. The topological polar surface area (TPSA) is 105 Å². The van der Waals surface area contributed by atoms with Gasteiger partial charge < -0.3 is 20.3 Å². The Bertz CT molecular complexity index is 1170. The van der Waals surface area contributed by atoms with Gasteiger partial charge in [-0.15, -0.1) is 0 Å². The van der Waals surface area contributed by atoms with E-state index in [0.717, 1.165) is 24.1 Å². The van der Waals surface area contributed by atoms with E-state index >= 15 is 0 Å². The molecule has 0 radical (unpaired) electrons. The molecule has 11 heteroatoms. The molecular weight excluding hydrogens is 492 g/mol. The Labute approximate surface area is 208 Å². The number of nitrogens with zero attached hydrogens (tertiary/aromatic N) is 1. The molecule has 0 spiro atoms. The minimum atomic E-state index is -3.72. The predicted octanol–water partition coefficient (Wildman–Crippen LogP) is 1.48. The Balaban J connectivity index is 1.35. The van der Waals surface area contributed by atoms with Crippen molar-refractivity contribution < 1.29 is 31.5 Å². The van der Waals surface area contributed by atoms with Crippen LogP contribution in [0.3, 0.4) is 0 Å². The van der Waals surface area contributed by atoms with Gasteiger partial charge in [0.25, 0.3) is 5.91 Å². The van der Waals surface area contributed by atoms with E-state index in [1.54, 1.807) is 12.1 Å². The van der Waals surface area contributed by atoms with E-state index < -0.39 is 39.3 Å². The van der Waals surface area contributed by atoms with Gasteiger partial charge in [-0.3, -0.25) is 9.59 Å². The lowest BCUT2D eigenvalue weighted by molar-refractivity contribution is -0.136. The monoisotopic (exact) mass is 521 g/mol. The molecule has 0 bridgehead atoms. The van der Waals surface area contributed by atoms with E-state index in [2.05, 4.69) is 10.6 Å². The number of carbonyl (C=O) groups is 2. The van der Waals surface area contributed by atoms with Crippen molar-refractivity contribution >= 4 is 21.7 Å². The highest BCUT2D eigenvalue weighted by Gasteiger charge is 2.38. The number of halogens is 2. The molecule has 1 aliphatic carbocycles. The van der Waals surface area contributed by atoms with E-state index in [4.69, 9.17) is 4.74 Å². The first-order valence-electron chi connectivity index (χ1n) is 11.8. The Morgan fingerprint density at radius 1 is 1.00 bits per heavy atom. The maximum absolute atomic E-state index is 13.2. The smallest absolute Gasteiger partial charge is 0.251 e. The summed E-state index contributed by atoms with van der Waals surface area (Å²) in [6, 6.07) is 9.86. The van der Waals surface area contributed by atoms with Gasteiger partial charge in [-0.25, -0.2) is 17.2 Å². The molecule has 2 aromatic rings. The van der Waals surface area contributed by atoms with Gasteiger partial charge >= 0.3 is 0 Å². The van der Waals surface area contributed by atoms with Crippen LogP contribution in [-0.2, 0) is 19.4 Å². The summed E-state index contributed by atoms with van der Waals surface area (Å²) < 4.78 is 57.4. The van der Waals surface area contributed by atoms with Crippen LogP contribution in [0.1, 0.15) is 28.3 Å². The fraction of sp³-hybridized carbons (Fsp3) is 0.440. The number of benzene rings is 2. The van der Waals surface area contributed by atoms with E-state index in [0.29, 0.717) is 26.3 Å². The van der Waals surface area contributed by atoms with Crippen LogP contribution in [0.2, 0.25) is 0 Å². The van der Waals surface area contributed by atoms with Gasteiger partial charge in [-0.1, -0.05) is 12.1 Å². The van der Waals surface area contributed by atoms with Crippen molar-refractivity contribution in [1.82, 2.24) is 15.5 Å². The number of morpholine rings is 1.